The summed E-state index contributed by atoms with van der Waals surface area (Å²) in [6.45, 7) is 14.7. The first-order valence-corrected chi connectivity index (χ1v) is 16.6. The monoisotopic (exact) mass is 596 g/mol. The number of allylic oxidation sites excluding steroid dienone is 1. The molecule has 240 valence electrons. The number of rotatable bonds is 9. The molecule has 43 heavy (non-hydrogen) atoms. The van der Waals surface area contributed by atoms with E-state index in [9.17, 15) is 25.6 Å². The van der Waals surface area contributed by atoms with Crippen LogP contribution in [0.15, 0.2) is 29.8 Å². The van der Waals surface area contributed by atoms with E-state index in [0.717, 1.165) is 66.9 Å². The van der Waals surface area contributed by atoms with Gasteiger partial charge in [0.2, 0.25) is 0 Å². The van der Waals surface area contributed by atoms with Gasteiger partial charge in [-0.15, -0.1) is 5.23 Å². The number of ether oxygens (including phenoxy) is 1. The highest BCUT2D eigenvalue weighted by molar-refractivity contribution is 5.92. The number of anilines is 2. The average molecular weight is 597 g/mol. The van der Waals surface area contributed by atoms with Crippen molar-refractivity contribution in [2.45, 2.75) is 112 Å². The van der Waals surface area contributed by atoms with E-state index < -0.39 is 16.9 Å². The number of fused-ring (bicyclic) bond motifs is 5. The predicted molar refractivity (Wildman–Crippen MR) is 169 cm³/mol. The summed E-state index contributed by atoms with van der Waals surface area (Å²) in [6.07, 6.45) is 13.7. The molecular weight excluding hydrogens is 544 g/mol. The fraction of sp³-hybridized carbons (Fsp3) is 0.743. The van der Waals surface area contributed by atoms with E-state index in [1.807, 2.05) is 0 Å². The first kappa shape index (κ1) is 32.3. The molecule has 0 aliphatic heterocycles. The van der Waals surface area contributed by atoms with Crippen LogP contribution >= 0.6 is 0 Å². The zero-order chi connectivity index (χ0) is 31.3. The van der Waals surface area contributed by atoms with Crippen LogP contribution in [0.1, 0.15) is 116 Å². The lowest BCUT2D eigenvalue weighted by Crippen LogP contribution is -2.51. The number of carbonyl (C=O) groups excluding carboxylic acids is 1. The molecule has 4 aliphatic rings. The Morgan fingerprint density at radius 3 is 2.37 bits per heavy atom. The van der Waals surface area contributed by atoms with Crippen LogP contribution in [0.4, 0.5) is 11.4 Å². The van der Waals surface area contributed by atoms with Gasteiger partial charge < -0.3 is 20.4 Å². The second kappa shape index (κ2) is 12.3. The second-order valence-corrected chi connectivity index (χ2v) is 15.3. The summed E-state index contributed by atoms with van der Waals surface area (Å²) in [7, 11) is 0. The number of hydrogen-bond donors (Lipinski definition) is 2. The Balaban J connectivity index is 1.26. The van der Waals surface area contributed by atoms with Crippen molar-refractivity contribution in [3.63, 3.8) is 0 Å². The van der Waals surface area contributed by atoms with Crippen molar-refractivity contribution >= 4 is 17.3 Å². The van der Waals surface area contributed by atoms with E-state index >= 15 is 0 Å². The summed E-state index contributed by atoms with van der Waals surface area (Å²) >= 11 is 0. The van der Waals surface area contributed by atoms with E-state index in [2.05, 4.69) is 47.6 Å². The minimum atomic E-state index is -0.683. The van der Waals surface area contributed by atoms with Crippen LogP contribution in [-0.4, -0.2) is 22.5 Å². The molecule has 4 aliphatic carbocycles. The molecule has 9 atom stereocenters. The van der Waals surface area contributed by atoms with Crippen LogP contribution in [0.2, 0.25) is 0 Å². The van der Waals surface area contributed by atoms with Gasteiger partial charge in [-0.1, -0.05) is 66.0 Å². The maximum absolute atomic E-state index is 13.0. The van der Waals surface area contributed by atoms with E-state index in [1.165, 1.54) is 50.2 Å². The molecule has 3 saturated carbocycles. The van der Waals surface area contributed by atoms with Crippen molar-refractivity contribution < 1.29 is 19.9 Å². The molecule has 0 bridgehead atoms. The van der Waals surface area contributed by atoms with E-state index in [0.29, 0.717) is 17.8 Å². The molecule has 8 heteroatoms. The summed E-state index contributed by atoms with van der Waals surface area (Å²) < 4.78 is 5.87. The number of carbonyl (C=O) groups is 1. The Kier molecular flexibility index (Phi) is 9.26. The summed E-state index contributed by atoms with van der Waals surface area (Å²) in [6, 6.07) is 3.29. The third kappa shape index (κ3) is 6.09. The lowest BCUT2D eigenvalue weighted by atomic mass is 9.47. The van der Waals surface area contributed by atoms with Crippen molar-refractivity contribution in [3.05, 3.63) is 45.8 Å². The molecule has 0 radical (unpaired) electrons. The molecule has 3 fully saturated rings. The van der Waals surface area contributed by atoms with Crippen molar-refractivity contribution in [1.82, 2.24) is 0 Å². The Labute approximate surface area is 257 Å². The Bertz CT molecular complexity index is 1170. The number of nitrogens with zero attached hydrogens (tertiary/aromatic N) is 2. The molecule has 2 N–H and O–H groups in total. The van der Waals surface area contributed by atoms with Crippen molar-refractivity contribution in [3.8, 4) is 0 Å². The number of esters is 1. The average Bonchev–Trinajstić information content (AvgIpc) is 3.32. The Hall–Kier alpha value is -2.13. The third-order valence-electron chi connectivity index (χ3n) is 12.9. The molecule has 1 aromatic carbocycles. The minimum absolute atomic E-state index is 0.0708. The lowest BCUT2D eigenvalue weighted by molar-refractivity contribution is -0.0596. The largest absolute Gasteiger partial charge is 0.769 e. The highest BCUT2D eigenvalue weighted by atomic mass is 16.8. The highest BCUT2D eigenvalue weighted by Gasteiger charge is 2.59. The molecule has 5 rings (SSSR count). The predicted octanol–water partition coefficient (Wildman–Crippen LogP) is 8.89. The standard InChI is InChI=1S/C35H52N2O6/c1-21(2)22(3)7-8-23(4)30-11-12-31-29-10-9-25-19-28(13-15-34(25,5)32(29)14-16-35(30,31)6)43-33(38)24-17-26(36(39)40)20-27(18-24)37(41)42/h9,17-18,20-23,28-32,39-40H,7-8,10-16,19H2,1-6H3/q-2/t22-,23-,28+,29+,30+,31+,32-,34+,35+/m1/s1. The van der Waals surface area contributed by atoms with Gasteiger partial charge in [0.15, 0.2) is 0 Å². The SMILES string of the molecule is CC(C)[C@H](C)CC[C@@H](C)[C@@H]1CC[C@H]2[C@@H]3CC=C4C[C@@H](OC(=O)c5cc(N([O-])[O-])cc(N(O)O)c5)CC[C@]4(C)[C@@H]3CC[C@]21C. The second-order valence-electron chi connectivity index (χ2n) is 15.3. The van der Waals surface area contributed by atoms with Gasteiger partial charge in [-0.2, -0.15) is 0 Å². The van der Waals surface area contributed by atoms with E-state index in [1.54, 1.807) is 0 Å². The number of benzene rings is 1. The third-order valence-corrected chi connectivity index (χ3v) is 12.9. The first-order valence-electron chi connectivity index (χ1n) is 16.6. The summed E-state index contributed by atoms with van der Waals surface area (Å²) in [5, 5.41) is 40.5. The molecule has 0 spiro atoms. The van der Waals surface area contributed by atoms with Crippen molar-refractivity contribution in [1.29, 1.82) is 0 Å². The van der Waals surface area contributed by atoms with Gasteiger partial charge in [0, 0.05) is 12.1 Å². The smallest absolute Gasteiger partial charge is 0.338 e. The highest BCUT2D eigenvalue weighted by Crippen LogP contribution is 2.67. The van der Waals surface area contributed by atoms with E-state index in [4.69, 9.17) is 4.74 Å². The molecule has 0 unspecified atom stereocenters. The van der Waals surface area contributed by atoms with Crippen molar-refractivity contribution in [2.24, 2.45) is 52.3 Å². The summed E-state index contributed by atoms with van der Waals surface area (Å²) in [5.74, 6) is 4.63. The summed E-state index contributed by atoms with van der Waals surface area (Å²) in [4.78, 5) is 13.0. The molecule has 1 aromatic rings. The fourth-order valence-electron chi connectivity index (χ4n) is 9.92. The Morgan fingerprint density at radius 1 is 0.977 bits per heavy atom. The topological polar surface area (TPSA) is 119 Å². The van der Waals surface area contributed by atoms with Gasteiger partial charge in [0.1, 0.15) is 6.10 Å². The maximum atomic E-state index is 13.0. The zero-order valence-electron chi connectivity index (χ0n) is 26.9. The maximum Gasteiger partial charge on any atom is 0.338 e. The van der Waals surface area contributed by atoms with Gasteiger partial charge in [-0.05, 0) is 115 Å². The van der Waals surface area contributed by atoms with Gasteiger partial charge in [-0.25, -0.2) is 4.79 Å². The van der Waals surface area contributed by atoms with E-state index in [-0.39, 0.29) is 28.0 Å². The molecule has 0 amide bonds. The van der Waals surface area contributed by atoms with Gasteiger partial charge in [0.25, 0.3) is 0 Å². The van der Waals surface area contributed by atoms with Crippen LogP contribution in [-0.2, 0) is 4.74 Å². The quantitative estimate of drug-likeness (QED) is 0.165. The molecule has 0 saturated heterocycles. The lowest BCUT2D eigenvalue weighted by Gasteiger charge is -2.58. The van der Waals surface area contributed by atoms with Crippen LogP contribution in [0.3, 0.4) is 0 Å². The van der Waals surface area contributed by atoms with Crippen LogP contribution in [0, 0.1) is 62.7 Å². The van der Waals surface area contributed by atoms with Crippen molar-refractivity contribution in [2.75, 3.05) is 10.5 Å². The fourth-order valence-corrected chi connectivity index (χ4v) is 9.92. The molecule has 0 aromatic heterocycles. The van der Waals surface area contributed by atoms with Crippen LogP contribution < -0.4 is 10.5 Å². The minimum Gasteiger partial charge on any atom is -0.769 e. The summed E-state index contributed by atoms with van der Waals surface area (Å²) in [5.41, 5.74) is 1.22. The van der Waals surface area contributed by atoms with Gasteiger partial charge >= 0.3 is 5.97 Å². The Morgan fingerprint density at radius 2 is 1.70 bits per heavy atom. The normalized spacial score (nSPS) is 34.9. The first-order chi connectivity index (χ1) is 20.2. The van der Waals surface area contributed by atoms with Crippen LogP contribution in [0.5, 0.6) is 0 Å². The van der Waals surface area contributed by atoms with Crippen LogP contribution in [0.25, 0.3) is 0 Å². The number of hydrogen-bond acceptors (Lipinski definition) is 8. The molecular formula is C35H52N2O6-2. The zero-order valence-corrected chi connectivity index (χ0v) is 26.9. The molecule has 8 nitrogen and oxygen atoms in total. The molecule has 0 heterocycles. The van der Waals surface area contributed by atoms with Gasteiger partial charge in [0.05, 0.1) is 11.3 Å². The van der Waals surface area contributed by atoms with Gasteiger partial charge in [-0.3, -0.25) is 10.4 Å².